The van der Waals surface area contributed by atoms with Gasteiger partial charge >= 0.3 is 5.69 Å². The number of hydrogen-bond donors (Lipinski definition) is 1. The number of carbonyl (C=O) groups excluding carboxylic acids is 1. The fourth-order valence-corrected chi connectivity index (χ4v) is 7.04. The number of aromatic amines is 1. The molecular weight excluding hydrogens is 561 g/mol. The molecule has 2 aromatic rings. The van der Waals surface area contributed by atoms with Crippen molar-refractivity contribution >= 4 is 33.5 Å². The minimum atomic E-state index is -2.39. The van der Waals surface area contributed by atoms with Gasteiger partial charge in [0.2, 0.25) is 5.12 Å². The monoisotopic (exact) mass is 604 g/mol. The Morgan fingerprint density at radius 2 is 1.48 bits per heavy atom. The lowest BCUT2D eigenvalue weighted by atomic mass is 10.1. The van der Waals surface area contributed by atoms with Crippen molar-refractivity contribution in [3.63, 3.8) is 0 Å². The average molecular weight is 605 g/mol. The molecular formula is C29H44N2O6SSi2. The van der Waals surface area contributed by atoms with Crippen LogP contribution in [0.2, 0.25) is 36.3 Å². The zero-order chi connectivity index (χ0) is 30.1. The fourth-order valence-electron chi connectivity index (χ4n) is 3.78. The second-order valence-electron chi connectivity index (χ2n) is 13.3. The quantitative estimate of drug-likeness (QED) is 0.221. The van der Waals surface area contributed by atoms with E-state index in [0.717, 1.165) is 16.7 Å². The summed E-state index contributed by atoms with van der Waals surface area (Å²) in [7, 11) is -4.75. The van der Waals surface area contributed by atoms with Gasteiger partial charge in [0.05, 0.1) is 0 Å². The SMILES string of the molecule is CC(C)(C)[Si](C)(C)O[C@@H]1[C@H](O[Si](C)(C)C(C)(C)C)[C@@H](/C=C/C(=O)Sc2ccccc2)O[C@H]1n1ccc(=O)[nH]c1=O. The van der Waals surface area contributed by atoms with Crippen LogP contribution in [0.15, 0.2) is 69.2 Å². The highest BCUT2D eigenvalue weighted by Crippen LogP contribution is 2.45. The van der Waals surface area contributed by atoms with Crippen LogP contribution >= 0.6 is 11.8 Å². The highest BCUT2D eigenvalue weighted by molar-refractivity contribution is 8.14. The summed E-state index contributed by atoms with van der Waals surface area (Å²) in [5.41, 5.74) is -1.08. The van der Waals surface area contributed by atoms with Crippen molar-refractivity contribution in [2.45, 2.75) is 107 Å². The molecule has 40 heavy (non-hydrogen) atoms. The van der Waals surface area contributed by atoms with Crippen LogP contribution in [0.25, 0.3) is 0 Å². The first kappa shape index (κ1) is 32.5. The lowest BCUT2D eigenvalue weighted by molar-refractivity contribution is -0.107. The molecule has 4 atom stereocenters. The Morgan fingerprint density at radius 1 is 0.925 bits per heavy atom. The first-order valence-corrected chi connectivity index (χ1v) is 20.2. The maximum atomic E-state index is 12.9. The van der Waals surface area contributed by atoms with Crippen LogP contribution in [-0.4, -0.2) is 49.6 Å². The lowest BCUT2D eigenvalue weighted by Gasteiger charge is -2.44. The van der Waals surface area contributed by atoms with Gasteiger partial charge in [0, 0.05) is 17.2 Å². The van der Waals surface area contributed by atoms with E-state index in [1.165, 1.54) is 22.9 Å². The van der Waals surface area contributed by atoms with Gasteiger partial charge < -0.3 is 13.6 Å². The molecule has 1 fully saturated rings. The summed E-state index contributed by atoms with van der Waals surface area (Å²) >= 11 is 1.13. The molecule has 2 heterocycles. The molecule has 0 aliphatic carbocycles. The molecule has 0 unspecified atom stereocenters. The van der Waals surface area contributed by atoms with E-state index in [4.69, 9.17) is 13.6 Å². The number of nitrogens with zero attached hydrogens (tertiary/aromatic N) is 1. The van der Waals surface area contributed by atoms with Gasteiger partial charge in [-0.15, -0.1) is 0 Å². The van der Waals surface area contributed by atoms with Crippen molar-refractivity contribution in [3.05, 3.63) is 75.6 Å². The number of benzene rings is 1. The van der Waals surface area contributed by atoms with Gasteiger partial charge in [0.15, 0.2) is 22.9 Å². The molecule has 1 aliphatic rings. The molecule has 1 N–H and O–H groups in total. The van der Waals surface area contributed by atoms with Crippen LogP contribution in [0.5, 0.6) is 0 Å². The standard InChI is InChI=1S/C29H44N2O6SSi2/c1-28(2,3)39(7,8)36-24-21(16-17-23(33)38-20-14-12-11-13-15-20)35-26(31-19-18-22(32)30-27(31)34)25(24)37-40(9,10)29(4,5)6/h11-19,21,24-26H,1-10H3,(H,30,32,34)/b17-16+/t21-,24-,25-,26-/m1/s1. The Bertz CT molecular complexity index is 1320. The fraction of sp³-hybridized carbons (Fsp3) is 0.552. The van der Waals surface area contributed by atoms with Crippen molar-refractivity contribution in [1.82, 2.24) is 9.55 Å². The zero-order valence-electron chi connectivity index (χ0n) is 25.3. The highest BCUT2D eigenvalue weighted by Gasteiger charge is 2.53. The molecule has 8 nitrogen and oxygen atoms in total. The van der Waals surface area contributed by atoms with E-state index in [1.807, 2.05) is 30.3 Å². The van der Waals surface area contributed by atoms with Gasteiger partial charge in [0.1, 0.15) is 18.3 Å². The molecule has 11 heteroatoms. The second kappa shape index (κ2) is 12.1. The summed E-state index contributed by atoms with van der Waals surface area (Å²) in [6, 6.07) is 10.7. The van der Waals surface area contributed by atoms with Crippen LogP contribution in [0.4, 0.5) is 0 Å². The molecule has 3 rings (SSSR count). The van der Waals surface area contributed by atoms with Crippen molar-refractivity contribution in [1.29, 1.82) is 0 Å². The number of thioether (sulfide) groups is 1. The number of ether oxygens (including phenoxy) is 1. The maximum Gasteiger partial charge on any atom is 0.330 e. The lowest BCUT2D eigenvalue weighted by Crippen LogP contribution is -2.53. The van der Waals surface area contributed by atoms with Crippen molar-refractivity contribution in [3.8, 4) is 0 Å². The number of nitrogens with one attached hydrogen (secondary N) is 1. The van der Waals surface area contributed by atoms with Crippen molar-refractivity contribution < 1.29 is 18.4 Å². The predicted octanol–water partition coefficient (Wildman–Crippen LogP) is 6.09. The Balaban J connectivity index is 2.08. The van der Waals surface area contributed by atoms with E-state index in [1.54, 1.807) is 6.08 Å². The van der Waals surface area contributed by atoms with E-state index >= 15 is 0 Å². The summed E-state index contributed by atoms with van der Waals surface area (Å²) in [5.74, 6) is 0. The number of rotatable bonds is 8. The van der Waals surface area contributed by atoms with Gasteiger partial charge in [-0.25, -0.2) is 4.79 Å². The largest absolute Gasteiger partial charge is 0.408 e. The van der Waals surface area contributed by atoms with Crippen molar-refractivity contribution in [2.24, 2.45) is 0 Å². The Morgan fingerprint density at radius 3 is 2.00 bits per heavy atom. The number of carbonyl (C=O) groups is 1. The molecule has 0 spiro atoms. The van der Waals surface area contributed by atoms with Gasteiger partial charge in [-0.05, 0) is 72.3 Å². The number of hydrogen-bond acceptors (Lipinski definition) is 7. The molecule has 1 saturated heterocycles. The summed E-state index contributed by atoms with van der Waals surface area (Å²) in [6.45, 7) is 21.5. The zero-order valence-corrected chi connectivity index (χ0v) is 28.1. The summed E-state index contributed by atoms with van der Waals surface area (Å²) < 4.78 is 21.8. The first-order valence-electron chi connectivity index (χ1n) is 13.6. The molecule has 0 radical (unpaired) electrons. The van der Waals surface area contributed by atoms with Gasteiger partial charge in [-0.2, -0.15) is 0 Å². The minimum Gasteiger partial charge on any atom is -0.408 e. The molecule has 1 aromatic carbocycles. The van der Waals surface area contributed by atoms with E-state index in [2.05, 4.69) is 72.7 Å². The van der Waals surface area contributed by atoms with Crippen LogP contribution in [0.3, 0.4) is 0 Å². The second-order valence-corrected chi connectivity index (χ2v) is 23.9. The Labute approximate surface area is 243 Å². The Hall–Kier alpha value is -2.03. The van der Waals surface area contributed by atoms with Crippen LogP contribution in [0.1, 0.15) is 47.8 Å². The van der Waals surface area contributed by atoms with E-state index in [0.29, 0.717) is 0 Å². The number of H-pyrrole nitrogens is 1. The summed E-state index contributed by atoms with van der Waals surface area (Å²) in [6.07, 6.45) is 1.91. The van der Waals surface area contributed by atoms with Crippen LogP contribution in [-0.2, 0) is 18.4 Å². The van der Waals surface area contributed by atoms with Gasteiger partial charge in [-0.3, -0.25) is 19.1 Å². The molecule has 1 aliphatic heterocycles. The molecule has 1 aromatic heterocycles. The molecule has 0 bridgehead atoms. The van der Waals surface area contributed by atoms with Crippen LogP contribution in [0, 0.1) is 0 Å². The van der Waals surface area contributed by atoms with E-state index in [-0.39, 0.29) is 15.2 Å². The third-order valence-corrected chi connectivity index (χ3v) is 18.0. The highest BCUT2D eigenvalue weighted by atomic mass is 32.2. The normalized spacial score (nSPS) is 22.6. The summed E-state index contributed by atoms with van der Waals surface area (Å²) in [4.78, 5) is 40.8. The molecule has 0 saturated carbocycles. The average Bonchev–Trinajstić information content (AvgIpc) is 3.12. The Kier molecular flexibility index (Phi) is 9.80. The third-order valence-electron chi connectivity index (χ3n) is 8.21. The molecule has 220 valence electrons. The van der Waals surface area contributed by atoms with Crippen LogP contribution < -0.4 is 11.2 Å². The topological polar surface area (TPSA) is 99.6 Å². The minimum absolute atomic E-state index is 0.103. The van der Waals surface area contributed by atoms with E-state index < -0.39 is 52.4 Å². The smallest absolute Gasteiger partial charge is 0.330 e. The first-order chi connectivity index (χ1) is 18.3. The van der Waals surface area contributed by atoms with Gasteiger partial charge in [-0.1, -0.05) is 59.7 Å². The molecule has 0 amide bonds. The van der Waals surface area contributed by atoms with Crippen molar-refractivity contribution in [2.75, 3.05) is 0 Å². The van der Waals surface area contributed by atoms with Gasteiger partial charge in [0.25, 0.3) is 5.56 Å². The van der Waals surface area contributed by atoms with E-state index in [9.17, 15) is 14.4 Å². The number of aromatic nitrogens is 2. The summed E-state index contributed by atoms with van der Waals surface area (Å²) in [5, 5.41) is -0.368. The third kappa shape index (κ3) is 7.62. The predicted molar refractivity (Wildman–Crippen MR) is 166 cm³/mol. The maximum absolute atomic E-state index is 12.9.